The highest BCUT2D eigenvalue weighted by atomic mass is 35.5. The van der Waals surface area contributed by atoms with Gasteiger partial charge in [-0.2, -0.15) is 5.10 Å². The van der Waals surface area contributed by atoms with Gasteiger partial charge in [0, 0.05) is 6.54 Å². The predicted molar refractivity (Wildman–Crippen MR) is 89.9 cm³/mol. The van der Waals surface area contributed by atoms with Crippen molar-refractivity contribution in [2.24, 2.45) is 0 Å². The Balaban J connectivity index is 1.98. The van der Waals surface area contributed by atoms with Crippen LogP contribution in [-0.2, 0) is 24.5 Å². The molecule has 1 aromatic heterocycles. The van der Waals surface area contributed by atoms with Crippen LogP contribution in [0.15, 0.2) is 35.3 Å². The van der Waals surface area contributed by atoms with E-state index in [1.807, 2.05) is 45.0 Å². The number of ether oxygens (including phenoxy) is 2. The van der Waals surface area contributed by atoms with Gasteiger partial charge in [0.1, 0.15) is 6.61 Å². The number of halogens is 1. The number of aryl methyl sites for hydroxylation is 1. The molecule has 0 fully saturated rings. The smallest absolute Gasteiger partial charge is 0.289 e. The van der Waals surface area contributed by atoms with E-state index in [0.717, 1.165) is 11.1 Å². The van der Waals surface area contributed by atoms with Gasteiger partial charge in [0.15, 0.2) is 10.8 Å². The normalized spacial score (nSPS) is 11.0. The zero-order chi connectivity index (χ0) is 16.8. The van der Waals surface area contributed by atoms with Crippen molar-refractivity contribution in [1.82, 2.24) is 9.78 Å². The van der Waals surface area contributed by atoms with Gasteiger partial charge in [-0.25, -0.2) is 4.68 Å². The third-order valence-corrected chi connectivity index (χ3v) is 3.60. The molecule has 2 rings (SSSR count). The van der Waals surface area contributed by atoms with Gasteiger partial charge in [-0.15, -0.1) is 0 Å². The fourth-order valence-electron chi connectivity index (χ4n) is 1.93. The second kappa shape index (κ2) is 8.13. The van der Waals surface area contributed by atoms with Crippen molar-refractivity contribution in [3.8, 4) is 5.75 Å². The molecule has 0 bridgehead atoms. The molecule has 0 saturated heterocycles. The van der Waals surface area contributed by atoms with Crippen LogP contribution in [0.1, 0.15) is 31.9 Å². The van der Waals surface area contributed by atoms with Crippen LogP contribution >= 0.6 is 11.6 Å². The molecule has 1 heterocycles. The maximum absolute atomic E-state index is 11.9. The first-order valence-electron chi connectivity index (χ1n) is 7.59. The van der Waals surface area contributed by atoms with Gasteiger partial charge < -0.3 is 9.47 Å². The minimum absolute atomic E-state index is 0.0591. The summed E-state index contributed by atoms with van der Waals surface area (Å²) in [4.78, 5) is 11.9. The van der Waals surface area contributed by atoms with Gasteiger partial charge in [0.2, 0.25) is 0 Å². The van der Waals surface area contributed by atoms with Crippen LogP contribution in [0.4, 0.5) is 0 Å². The molecular weight excluding hydrogens is 316 g/mol. The summed E-state index contributed by atoms with van der Waals surface area (Å²) in [5.41, 5.74) is 1.74. The number of hydrogen-bond donors (Lipinski definition) is 0. The molecule has 1 aromatic carbocycles. The van der Waals surface area contributed by atoms with E-state index in [1.165, 1.54) is 10.9 Å². The first kappa shape index (κ1) is 17.5. The molecule has 0 aliphatic carbocycles. The second-order valence-electron chi connectivity index (χ2n) is 5.41. The molecule has 23 heavy (non-hydrogen) atoms. The summed E-state index contributed by atoms with van der Waals surface area (Å²) < 4.78 is 12.4. The van der Waals surface area contributed by atoms with Crippen molar-refractivity contribution in [3.05, 3.63) is 57.0 Å². The fourth-order valence-corrected chi connectivity index (χ4v) is 2.13. The summed E-state index contributed by atoms with van der Waals surface area (Å²) in [6, 6.07) is 7.92. The lowest BCUT2D eigenvalue weighted by atomic mass is 10.1. The van der Waals surface area contributed by atoms with E-state index >= 15 is 0 Å². The Morgan fingerprint density at radius 3 is 2.35 bits per heavy atom. The Hall–Kier alpha value is -1.85. The Bertz CT molecular complexity index is 696. The summed E-state index contributed by atoms with van der Waals surface area (Å²) in [5.74, 6) is 0.300. The highest BCUT2D eigenvalue weighted by Crippen LogP contribution is 2.19. The number of aromatic nitrogens is 2. The van der Waals surface area contributed by atoms with Gasteiger partial charge in [-0.3, -0.25) is 4.79 Å². The zero-order valence-corrected chi connectivity index (χ0v) is 14.3. The SMILES string of the molecule is CCn1ncc(OCc2ccc(COC(C)C)cc2)c(Cl)c1=O. The molecule has 6 heteroatoms. The number of nitrogens with zero attached hydrogens (tertiary/aromatic N) is 2. The van der Waals surface area contributed by atoms with E-state index in [2.05, 4.69) is 5.10 Å². The molecule has 124 valence electrons. The number of hydrogen-bond acceptors (Lipinski definition) is 4. The second-order valence-corrected chi connectivity index (χ2v) is 5.79. The average molecular weight is 337 g/mol. The molecular formula is C17H21ClN2O3. The molecule has 0 amide bonds. The van der Waals surface area contributed by atoms with E-state index in [1.54, 1.807) is 0 Å². The monoisotopic (exact) mass is 336 g/mol. The zero-order valence-electron chi connectivity index (χ0n) is 13.6. The standard InChI is InChI=1S/C17H21ClN2O3/c1-4-20-17(21)16(18)15(9-19-20)23-11-14-7-5-13(6-8-14)10-22-12(2)3/h5-9,12H,4,10-11H2,1-3H3. The lowest BCUT2D eigenvalue weighted by molar-refractivity contribution is 0.0657. The summed E-state index contributed by atoms with van der Waals surface area (Å²) in [6.45, 7) is 7.22. The summed E-state index contributed by atoms with van der Waals surface area (Å²) >= 11 is 6.02. The summed E-state index contributed by atoms with van der Waals surface area (Å²) in [5, 5.41) is 4.06. The van der Waals surface area contributed by atoms with Crippen LogP contribution in [0, 0.1) is 0 Å². The molecule has 0 unspecified atom stereocenters. The molecule has 0 aliphatic rings. The van der Waals surface area contributed by atoms with Crippen molar-refractivity contribution in [2.75, 3.05) is 0 Å². The highest BCUT2D eigenvalue weighted by Gasteiger charge is 2.09. The van der Waals surface area contributed by atoms with Gasteiger partial charge in [-0.1, -0.05) is 35.9 Å². The van der Waals surface area contributed by atoms with Crippen molar-refractivity contribution < 1.29 is 9.47 Å². The third-order valence-electron chi connectivity index (χ3n) is 3.25. The molecule has 0 spiro atoms. The van der Waals surface area contributed by atoms with Crippen LogP contribution in [0.25, 0.3) is 0 Å². The van der Waals surface area contributed by atoms with E-state index in [9.17, 15) is 4.79 Å². The molecule has 2 aromatic rings. The van der Waals surface area contributed by atoms with Crippen LogP contribution in [0.2, 0.25) is 5.02 Å². The third kappa shape index (κ3) is 4.81. The van der Waals surface area contributed by atoms with Crippen molar-refractivity contribution in [1.29, 1.82) is 0 Å². The molecule has 0 atom stereocenters. The topological polar surface area (TPSA) is 53.4 Å². The van der Waals surface area contributed by atoms with Crippen molar-refractivity contribution in [2.45, 2.75) is 46.6 Å². The Morgan fingerprint density at radius 1 is 1.17 bits per heavy atom. The summed E-state index contributed by atoms with van der Waals surface area (Å²) in [7, 11) is 0. The average Bonchev–Trinajstić information content (AvgIpc) is 2.55. The molecule has 0 N–H and O–H groups in total. The van der Waals surface area contributed by atoms with E-state index in [4.69, 9.17) is 21.1 Å². The first-order valence-corrected chi connectivity index (χ1v) is 7.97. The van der Waals surface area contributed by atoms with E-state index in [0.29, 0.717) is 25.5 Å². The lowest BCUT2D eigenvalue weighted by Crippen LogP contribution is -2.22. The minimum Gasteiger partial charge on any atom is -0.485 e. The van der Waals surface area contributed by atoms with Gasteiger partial charge in [0.25, 0.3) is 5.56 Å². The van der Waals surface area contributed by atoms with E-state index in [-0.39, 0.29) is 16.7 Å². The molecule has 0 radical (unpaired) electrons. The van der Waals surface area contributed by atoms with Crippen LogP contribution < -0.4 is 10.3 Å². The Kier molecular flexibility index (Phi) is 6.19. The van der Waals surface area contributed by atoms with E-state index < -0.39 is 0 Å². The molecule has 0 saturated carbocycles. The number of rotatable bonds is 7. The van der Waals surface area contributed by atoms with Gasteiger partial charge >= 0.3 is 0 Å². The highest BCUT2D eigenvalue weighted by molar-refractivity contribution is 6.31. The first-order chi connectivity index (χ1) is 11.0. The largest absolute Gasteiger partial charge is 0.485 e. The number of benzene rings is 1. The maximum atomic E-state index is 11.9. The van der Waals surface area contributed by atoms with Crippen molar-refractivity contribution in [3.63, 3.8) is 0 Å². The van der Waals surface area contributed by atoms with Gasteiger partial charge in [-0.05, 0) is 31.9 Å². The Morgan fingerprint density at radius 2 is 1.78 bits per heavy atom. The predicted octanol–water partition coefficient (Wildman–Crippen LogP) is 3.42. The fraction of sp³-hybridized carbons (Fsp3) is 0.412. The molecule has 5 nitrogen and oxygen atoms in total. The van der Waals surface area contributed by atoms with Gasteiger partial charge in [0.05, 0.1) is 18.9 Å². The molecule has 0 aliphatic heterocycles. The lowest BCUT2D eigenvalue weighted by Gasteiger charge is -2.10. The Labute approximate surface area is 140 Å². The minimum atomic E-state index is -0.340. The van der Waals surface area contributed by atoms with Crippen molar-refractivity contribution >= 4 is 11.6 Å². The van der Waals surface area contributed by atoms with Crippen LogP contribution in [-0.4, -0.2) is 15.9 Å². The van der Waals surface area contributed by atoms with Crippen LogP contribution in [0.5, 0.6) is 5.75 Å². The van der Waals surface area contributed by atoms with Crippen LogP contribution in [0.3, 0.4) is 0 Å². The summed E-state index contributed by atoms with van der Waals surface area (Å²) in [6.07, 6.45) is 1.68. The quantitative estimate of drug-likeness (QED) is 0.777. The maximum Gasteiger partial charge on any atom is 0.289 e.